The molecule has 0 aromatic carbocycles. The first-order chi connectivity index (χ1) is 7.27. The standard InChI is InChI=1S/C13H24O2/c1-3-5-7-11(4-2)10-15-13(14)12-8-6-9-12/h11-12H,3-10H2,1-2H3. The summed E-state index contributed by atoms with van der Waals surface area (Å²) in [5, 5.41) is 0. The first-order valence-electron chi connectivity index (χ1n) is 6.44. The maximum absolute atomic E-state index is 11.5. The zero-order chi connectivity index (χ0) is 11.1. The van der Waals surface area contributed by atoms with Crippen molar-refractivity contribution in [1.29, 1.82) is 0 Å². The molecule has 1 unspecified atom stereocenters. The van der Waals surface area contributed by atoms with E-state index in [2.05, 4.69) is 13.8 Å². The molecule has 2 heteroatoms. The van der Waals surface area contributed by atoms with Crippen LogP contribution in [0.15, 0.2) is 0 Å². The Morgan fingerprint density at radius 1 is 1.40 bits per heavy atom. The molecule has 0 radical (unpaired) electrons. The summed E-state index contributed by atoms with van der Waals surface area (Å²) >= 11 is 0. The van der Waals surface area contributed by atoms with Crippen LogP contribution in [0.4, 0.5) is 0 Å². The van der Waals surface area contributed by atoms with Crippen molar-refractivity contribution in [3.8, 4) is 0 Å². The highest BCUT2D eigenvalue weighted by Gasteiger charge is 2.26. The van der Waals surface area contributed by atoms with Crippen molar-refractivity contribution in [2.24, 2.45) is 11.8 Å². The molecule has 0 aliphatic heterocycles. The van der Waals surface area contributed by atoms with Crippen molar-refractivity contribution < 1.29 is 9.53 Å². The highest BCUT2D eigenvalue weighted by Crippen LogP contribution is 2.27. The smallest absolute Gasteiger partial charge is 0.308 e. The number of hydrogen-bond acceptors (Lipinski definition) is 2. The Hall–Kier alpha value is -0.530. The molecule has 88 valence electrons. The molecule has 0 N–H and O–H groups in total. The van der Waals surface area contributed by atoms with Crippen molar-refractivity contribution >= 4 is 5.97 Å². The molecule has 1 rings (SSSR count). The van der Waals surface area contributed by atoms with Crippen molar-refractivity contribution in [3.63, 3.8) is 0 Å². The fourth-order valence-corrected chi connectivity index (χ4v) is 1.86. The molecule has 1 aliphatic carbocycles. The Kier molecular flexibility index (Phi) is 5.74. The summed E-state index contributed by atoms with van der Waals surface area (Å²) in [7, 11) is 0. The molecule has 1 fully saturated rings. The van der Waals surface area contributed by atoms with E-state index in [1.807, 2.05) is 0 Å². The highest BCUT2D eigenvalue weighted by atomic mass is 16.5. The quantitative estimate of drug-likeness (QED) is 0.603. The van der Waals surface area contributed by atoms with E-state index in [9.17, 15) is 4.79 Å². The van der Waals surface area contributed by atoms with Gasteiger partial charge in [0.25, 0.3) is 0 Å². The van der Waals surface area contributed by atoms with Crippen molar-refractivity contribution in [3.05, 3.63) is 0 Å². The van der Waals surface area contributed by atoms with Gasteiger partial charge in [-0.25, -0.2) is 0 Å². The summed E-state index contributed by atoms with van der Waals surface area (Å²) < 4.78 is 5.36. The summed E-state index contributed by atoms with van der Waals surface area (Å²) in [6.07, 6.45) is 8.09. The minimum Gasteiger partial charge on any atom is -0.465 e. The molecule has 15 heavy (non-hydrogen) atoms. The number of hydrogen-bond donors (Lipinski definition) is 0. The highest BCUT2D eigenvalue weighted by molar-refractivity contribution is 5.73. The Labute approximate surface area is 93.4 Å². The Bertz CT molecular complexity index is 185. The monoisotopic (exact) mass is 212 g/mol. The summed E-state index contributed by atoms with van der Waals surface area (Å²) in [6, 6.07) is 0. The molecule has 0 saturated heterocycles. The van der Waals surface area contributed by atoms with Gasteiger partial charge in [0.2, 0.25) is 0 Å². The van der Waals surface area contributed by atoms with E-state index in [-0.39, 0.29) is 11.9 Å². The second-order valence-electron chi connectivity index (χ2n) is 4.67. The van der Waals surface area contributed by atoms with Crippen LogP contribution in [0.2, 0.25) is 0 Å². The molecule has 1 aliphatic rings. The van der Waals surface area contributed by atoms with Gasteiger partial charge in [-0.15, -0.1) is 0 Å². The zero-order valence-corrected chi connectivity index (χ0v) is 10.1. The van der Waals surface area contributed by atoms with Crippen LogP contribution in [0, 0.1) is 11.8 Å². The molecule has 0 amide bonds. The van der Waals surface area contributed by atoms with Crippen LogP contribution in [-0.2, 0) is 9.53 Å². The maximum atomic E-state index is 11.5. The minimum atomic E-state index is 0.0520. The van der Waals surface area contributed by atoms with Crippen LogP contribution >= 0.6 is 0 Å². The summed E-state index contributed by atoms with van der Waals surface area (Å²) in [5.41, 5.74) is 0. The molecular formula is C13H24O2. The van der Waals surface area contributed by atoms with E-state index in [1.54, 1.807) is 0 Å². The van der Waals surface area contributed by atoms with Crippen LogP contribution in [0.25, 0.3) is 0 Å². The third-order valence-corrected chi connectivity index (χ3v) is 3.44. The minimum absolute atomic E-state index is 0.0520. The van der Waals surface area contributed by atoms with Crippen LogP contribution in [0.3, 0.4) is 0 Å². The lowest BCUT2D eigenvalue weighted by Gasteiger charge is -2.24. The van der Waals surface area contributed by atoms with Gasteiger partial charge in [0, 0.05) is 0 Å². The first kappa shape index (κ1) is 12.5. The summed E-state index contributed by atoms with van der Waals surface area (Å²) in [5.74, 6) is 0.860. The topological polar surface area (TPSA) is 26.3 Å². The number of rotatable bonds is 7. The van der Waals surface area contributed by atoms with E-state index in [0.29, 0.717) is 12.5 Å². The SMILES string of the molecule is CCCCC(CC)COC(=O)C1CCC1. The van der Waals surface area contributed by atoms with Gasteiger partial charge in [-0.2, -0.15) is 0 Å². The maximum Gasteiger partial charge on any atom is 0.308 e. The van der Waals surface area contributed by atoms with E-state index in [4.69, 9.17) is 4.74 Å². The summed E-state index contributed by atoms with van der Waals surface area (Å²) in [6.45, 7) is 5.02. The Morgan fingerprint density at radius 3 is 2.60 bits per heavy atom. The van der Waals surface area contributed by atoms with Crippen LogP contribution in [-0.4, -0.2) is 12.6 Å². The van der Waals surface area contributed by atoms with E-state index in [0.717, 1.165) is 19.3 Å². The molecule has 0 spiro atoms. The fourth-order valence-electron chi connectivity index (χ4n) is 1.86. The third-order valence-electron chi connectivity index (χ3n) is 3.44. The van der Waals surface area contributed by atoms with Gasteiger partial charge >= 0.3 is 5.97 Å². The van der Waals surface area contributed by atoms with Gasteiger partial charge in [0.15, 0.2) is 0 Å². The van der Waals surface area contributed by atoms with Gasteiger partial charge in [0.1, 0.15) is 0 Å². The second-order valence-corrected chi connectivity index (χ2v) is 4.67. The molecule has 1 atom stereocenters. The van der Waals surface area contributed by atoms with Gasteiger partial charge in [0.05, 0.1) is 12.5 Å². The molecule has 1 saturated carbocycles. The molecule has 0 bridgehead atoms. The average molecular weight is 212 g/mol. The normalized spacial score (nSPS) is 18.3. The summed E-state index contributed by atoms with van der Waals surface area (Å²) in [4.78, 5) is 11.5. The van der Waals surface area contributed by atoms with Crippen LogP contribution < -0.4 is 0 Å². The lowest BCUT2D eigenvalue weighted by molar-refractivity contribution is -0.152. The van der Waals surface area contributed by atoms with Crippen molar-refractivity contribution in [2.45, 2.75) is 58.8 Å². The Morgan fingerprint density at radius 2 is 2.13 bits per heavy atom. The first-order valence-corrected chi connectivity index (χ1v) is 6.44. The fraction of sp³-hybridized carbons (Fsp3) is 0.923. The zero-order valence-electron chi connectivity index (χ0n) is 10.1. The molecule has 2 nitrogen and oxygen atoms in total. The van der Waals surface area contributed by atoms with E-state index in [1.165, 1.54) is 25.7 Å². The van der Waals surface area contributed by atoms with Crippen LogP contribution in [0.5, 0.6) is 0 Å². The van der Waals surface area contributed by atoms with Gasteiger partial charge in [-0.05, 0) is 25.2 Å². The Balaban J connectivity index is 2.12. The van der Waals surface area contributed by atoms with E-state index < -0.39 is 0 Å². The largest absolute Gasteiger partial charge is 0.465 e. The van der Waals surface area contributed by atoms with Crippen molar-refractivity contribution in [1.82, 2.24) is 0 Å². The van der Waals surface area contributed by atoms with Gasteiger partial charge in [-0.1, -0.05) is 39.5 Å². The lowest BCUT2D eigenvalue weighted by Crippen LogP contribution is -2.26. The molecule has 0 aromatic rings. The molecular weight excluding hydrogens is 188 g/mol. The van der Waals surface area contributed by atoms with Gasteiger partial charge in [-0.3, -0.25) is 4.79 Å². The molecule has 0 heterocycles. The second kappa shape index (κ2) is 6.86. The number of unbranched alkanes of at least 4 members (excludes halogenated alkanes) is 1. The van der Waals surface area contributed by atoms with E-state index >= 15 is 0 Å². The number of carbonyl (C=O) groups is 1. The molecule has 0 aromatic heterocycles. The number of ether oxygens (including phenoxy) is 1. The van der Waals surface area contributed by atoms with Gasteiger partial charge < -0.3 is 4.74 Å². The predicted octanol–water partition coefficient (Wildman–Crippen LogP) is 3.55. The van der Waals surface area contributed by atoms with Crippen LogP contribution in [0.1, 0.15) is 58.8 Å². The number of esters is 1. The third kappa shape index (κ3) is 4.23. The number of carbonyl (C=O) groups excluding carboxylic acids is 1. The average Bonchev–Trinajstić information content (AvgIpc) is 2.15. The lowest BCUT2D eigenvalue weighted by atomic mass is 9.86. The predicted molar refractivity (Wildman–Crippen MR) is 61.6 cm³/mol. The van der Waals surface area contributed by atoms with Crippen molar-refractivity contribution in [2.75, 3.05) is 6.61 Å².